The van der Waals surface area contributed by atoms with Crippen molar-refractivity contribution in [1.29, 1.82) is 0 Å². The van der Waals surface area contributed by atoms with Gasteiger partial charge in [-0.2, -0.15) is 8.78 Å². The van der Waals surface area contributed by atoms with Crippen LogP contribution < -0.4 is 9.47 Å². The summed E-state index contributed by atoms with van der Waals surface area (Å²) >= 11 is 0. The van der Waals surface area contributed by atoms with E-state index in [0.29, 0.717) is 49.4 Å². The molecule has 0 atom stereocenters. The number of benzene rings is 1. The van der Waals surface area contributed by atoms with Crippen molar-refractivity contribution in [2.45, 2.75) is 109 Å². The van der Waals surface area contributed by atoms with Crippen molar-refractivity contribution in [2.24, 2.45) is 23.7 Å². The van der Waals surface area contributed by atoms with E-state index in [2.05, 4.69) is 33.8 Å². The number of alkyl halides is 2. The number of ether oxygens (including phenoxy) is 2. The smallest absolute Gasteiger partial charge is 0.400 e. The molecule has 0 aliphatic heterocycles. The van der Waals surface area contributed by atoms with Gasteiger partial charge in [-0.25, -0.2) is 23.1 Å². The third-order valence-electron chi connectivity index (χ3n) is 8.95. The summed E-state index contributed by atoms with van der Waals surface area (Å²) in [7, 11) is 0. The largest absolute Gasteiger partial charge is 0.463 e. The minimum absolute atomic E-state index is 0.218. The second-order valence-corrected chi connectivity index (χ2v) is 12.3. The van der Waals surface area contributed by atoms with Crippen LogP contribution in [-0.4, -0.2) is 22.7 Å². The average molecular weight is 609 g/mol. The number of unbranched alkanes of at least 4 members (excludes halogenated alkanes) is 5. The van der Waals surface area contributed by atoms with Gasteiger partial charge in [-0.1, -0.05) is 51.2 Å². The molecule has 0 amide bonds. The van der Waals surface area contributed by atoms with Gasteiger partial charge in [-0.15, -0.1) is 0 Å². The molecular weight excluding hydrogens is 563 g/mol. The molecule has 0 bridgehead atoms. The van der Waals surface area contributed by atoms with Gasteiger partial charge in [0.2, 0.25) is 0 Å². The predicted octanol–water partition coefficient (Wildman–Crippen LogP) is 10.0. The summed E-state index contributed by atoms with van der Waals surface area (Å²) < 4.78 is 79.8. The highest BCUT2D eigenvalue weighted by Crippen LogP contribution is 2.41. The van der Waals surface area contributed by atoms with E-state index in [1.54, 1.807) is 0 Å². The van der Waals surface area contributed by atoms with Gasteiger partial charge in [0.05, 0.1) is 12.5 Å². The minimum atomic E-state index is -3.59. The Morgan fingerprint density at radius 1 is 0.791 bits per heavy atom. The van der Waals surface area contributed by atoms with Gasteiger partial charge in [0, 0.05) is 24.5 Å². The Bertz CT molecular complexity index is 1120. The molecule has 9 heteroatoms. The van der Waals surface area contributed by atoms with Gasteiger partial charge < -0.3 is 9.47 Å². The zero-order valence-electron chi connectivity index (χ0n) is 25.2. The van der Waals surface area contributed by atoms with Gasteiger partial charge >= 0.3 is 12.1 Å². The van der Waals surface area contributed by atoms with E-state index in [-0.39, 0.29) is 18.8 Å². The Labute approximate surface area is 252 Å². The highest BCUT2D eigenvalue weighted by atomic mass is 19.3. The molecule has 4 rings (SSSR count). The van der Waals surface area contributed by atoms with Crippen LogP contribution in [0.5, 0.6) is 11.8 Å². The topological polar surface area (TPSA) is 44.2 Å². The van der Waals surface area contributed by atoms with Crippen molar-refractivity contribution in [3.8, 4) is 11.8 Å². The van der Waals surface area contributed by atoms with E-state index in [1.807, 2.05) is 12.4 Å². The first kappa shape index (κ1) is 33.2. The first-order valence-electron chi connectivity index (χ1n) is 16.1. The van der Waals surface area contributed by atoms with Gasteiger partial charge in [-0.05, 0) is 87.5 Å². The van der Waals surface area contributed by atoms with E-state index < -0.39 is 35.2 Å². The molecule has 2 aromatic rings. The molecule has 1 aromatic carbocycles. The minimum Gasteiger partial charge on any atom is -0.463 e. The van der Waals surface area contributed by atoms with Crippen LogP contribution in [-0.2, 0) is 6.42 Å². The third kappa shape index (κ3) is 10.5. The van der Waals surface area contributed by atoms with Crippen molar-refractivity contribution in [3.05, 3.63) is 59.7 Å². The number of hydrogen-bond acceptors (Lipinski definition) is 4. The Hall–Kier alpha value is -2.71. The van der Waals surface area contributed by atoms with Gasteiger partial charge in [0.25, 0.3) is 0 Å². The molecule has 4 nitrogen and oxygen atoms in total. The summed E-state index contributed by atoms with van der Waals surface area (Å²) in [6.45, 7) is 2.85. The SMILES string of the molecule is CCCCCCCCc1cnc(OCC2CCC(/C=C/C3CCC(C(F)(F)Oc4cc(F)c(F)c(F)c4)CC3)CC2)nc1. The highest BCUT2D eigenvalue weighted by Gasteiger charge is 2.44. The van der Waals surface area contributed by atoms with E-state index in [0.717, 1.165) is 37.7 Å². The highest BCUT2D eigenvalue weighted by molar-refractivity contribution is 5.25. The lowest BCUT2D eigenvalue weighted by Crippen LogP contribution is -2.37. The summed E-state index contributed by atoms with van der Waals surface area (Å²) in [5.74, 6) is -5.44. The first-order valence-corrected chi connectivity index (χ1v) is 16.1. The van der Waals surface area contributed by atoms with Crippen LogP contribution in [0.2, 0.25) is 0 Å². The van der Waals surface area contributed by atoms with E-state index in [9.17, 15) is 22.0 Å². The molecule has 1 aromatic heterocycles. The van der Waals surface area contributed by atoms with Crippen LogP contribution in [0, 0.1) is 41.1 Å². The fraction of sp³-hybridized carbons (Fsp3) is 0.647. The van der Waals surface area contributed by atoms with Crippen LogP contribution in [0.25, 0.3) is 0 Å². The van der Waals surface area contributed by atoms with Crippen molar-refractivity contribution in [3.63, 3.8) is 0 Å². The van der Waals surface area contributed by atoms with Crippen LogP contribution >= 0.6 is 0 Å². The van der Waals surface area contributed by atoms with Crippen LogP contribution in [0.3, 0.4) is 0 Å². The Balaban J connectivity index is 1.11. The third-order valence-corrected chi connectivity index (χ3v) is 8.95. The lowest BCUT2D eigenvalue weighted by molar-refractivity contribution is -0.223. The summed E-state index contributed by atoms with van der Waals surface area (Å²) in [6.07, 6.45) is 19.1. The van der Waals surface area contributed by atoms with E-state index >= 15 is 0 Å². The van der Waals surface area contributed by atoms with Crippen LogP contribution in [0.4, 0.5) is 22.0 Å². The van der Waals surface area contributed by atoms with E-state index in [4.69, 9.17) is 4.74 Å². The van der Waals surface area contributed by atoms with Crippen molar-refractivity contribution >= 4 is 0 Å². The molecule has 0 saturated heterocycles. The van der Waals surface area contributed by atoms with Crippen LogP contribution in [0.15, 0.2) is 36.7 Å². The molecule has 0 N–H and O–H groups in total. The maximum atomic E-state index is 14.7. The normalized spacial score (nSPS) is 23.0. The monoisotopic (exact) mass is 608 g/mol. The summed E-state index contributed by atoms with van der Waals surface area (Å²) in [4.78, 5) is 8.79. The van der Waals surface area contributed by atoms with Gasteiger partial charge in [0.15, 0.2) is 17.5 Å². The lowest BCUT2D eigenvalue weighted by Gasteiger charge is -2.32. The molecule has 2 aliphatic rings. The molecule has 0 spiro atoms. The standard InChI is InChI=1S/C34H45F5N2O2/c1-2-3-4-5-6-7-8-27-21-40-33(41-22-27)42-23-26-13-11-24(12-14-26)9-10-25-15-17-28(18-16-25)34(38,39)43-29-19-30(35)32(37)31(36)20-29/h9-10,19-22,24-26,28H,2-8,11-18,23H2,1H3/b10-9+. The number of aromatic nitrogens is 2. The maximum Gasteiger partial charge on any atom is 0.400 e. The number of rotatable bonds is 15. The number of allylic oxidation sites excluding steroid dienone is 2. The molecule has 2 aliphatic carbocycles. The predicted molar refractivity (Wildman–Crippen MR) is 157 cm³/mol. The summed E-state index contributed by atoms with van der Waals surface area (Å²) in [5.41, 5.74) is 1.16. The molecule has 2 fully saturated rings. The average Bonchev–Trinajstić information content (AvgIpc) is 3.00. The fourth-order valence-electron chi connectivity index (χ4n) is 6.19. The lowest BCUT2D eigenvalue weighted by atomic mass is 9.79. The van der Waals surface area contributed by atoms with Crippen molar-refractivity contribution < 1.29 is 31.4 Å². The van der Waals surface area contributed by atoms with Crippen LogP contribution in [0.1, 0.15) is 102 Å². The molecule has 43 heavy (non-hydrogen) atoms. The van der Waals surface area contributed by atoms with Crippen molar-refractivity contribution in [2.75, 3.05) is 6.61 Å². The number of halogens is 5. The Morgan fingerprint density at radius 2 is 1.35 bits per heavy atom. The second-order valence-electron chi connectivity index (χ2n) is 12.3. The van der Waals surface area contributed by atoms with Crippen molar-refractivity contribution in [1.82, 2.24) is 9.97 Å². The Morgan fingerprint density at radius 3 is 1.95 bits per heavy atom. The maximum absolute atomic E-state index is 14.7. The molecule has 238 valence electrons. The second kappa shape index (κ2) is 16.4. The summed E-state index contributed by atoms with van der Waals surface area (Å²) in [6, 6.07) is 1.34. The molecule has 2 saturated carbocycles. The molecule has 0 unspecified atom stereocenters. The molecule has 1 heterocycles. The zero-order valence-corrected chi connectivity index (χ0v) is 25.2. The Kier molecular flexibility index (Phi) is 12.6. The first-order chi connectivity index (χ1) is 20.7. The number of aryl methyl sites for hydroxylation is 1. The number of nitrogens with zero attached hydrogens (tertiary/aromatic N) is 2. The van der Waals surface area contributed by atoms with Gasteiger partial charge in [-0.3, -0.25) is 0 Å². The molecular formula is C34H45F5N2O2. The quantitative estimate of drug-likeness (QED) is 0.0874. The van der Waals surface area contributed by atoms with E-state index in [1.165, 1.54) is 38.5 Å². The number of hydrogen-bond donors (Lipinski definition) is 0. The molecule has 0 radical (unpaired) electrons. The summed E-state index contributed by atoms with van der Waals surface area (Å²) in [5, 5.41) is 0. The fourth-order valence-corrected chi connectivity index (χ4v) is 6.19. The zero-order chi connectivity index (χ0) is 30.7. The van der Waals surface area contributed by atoms with Gasteiger partial charge in [0.1, 0.15) is 5.75 Å².